The fourth-order valence-corrected chi connectivity index (χ4v) is 1.58. The van der Waals surface area contributed by atoms with Crippen molar-refractivity contribution in [2.45, 2.75) is 26.7 Å². The van der Waals surface area contributed by atoms with Crippen LogP contribution < -0.4 is 4.90 Å². The Morgan fingerprint density at radius 2 is 2.06 bits per heavy atom. The van der Waals surface area contributed by atoms with Gasteiger partial charge in [0.1, 0.15) is 5.92 Å². The normalized spacial score (nSPS) is 11.6. The van der Waals surface area contributed by atoms with Crippen LogP contribution >= 0.6 is 0 Å². The first-order valence-electron chi connectivity index (χ1n) is 5.96. The Kier molecular flexibility index (Phi) is 5.22. The molecule has 1 amide bonds. The molecule has 1 unspecified atom stereocenters. The summed E-state index contributed by atoms with van der Waals surface area (Å²) in [6.07, 6.45) is 1.97. The van der Waals surface area contributed by atoms with E-state index in [1.165, 1.54) is 0 Å². The second-order valence-corrected chi connectivity index (χ2v) is 4.03. The van der Waals surface area contributed by atoms with E-state index in [1.54, 1.807) is 11.8 Å². The fourth-order valence-electron chi connectivity index (χ4n) is 1.58. The molecule has 17 heavy (non-hydrogen) atoms. The molecule has 0 N–H and O–H groups in total. The summed E-state index contributed by atoms with van der Waals surface area (Å²) in [5.74, 6) is -0.709. The van der Waals surface area contributed by atoms with Crippen LogP contribution in [0.3, 0.4) is 0 Å². The Morgan fingerprint density at radius 1 is 1.41 bits per heavy atom. The summed E-state index contributed by atoms with van der Waals surface area (Å²) in [4.78, 5) is 13.8. The molecule has 0 spiro atoms. The molecule has 0 aliphatic heterocycles. The quantitative estimate of drug-likeness (QED) is 0.780. The lowest BCUT2D eigenvalue weighted by molar-refractivity contribution is -0.120. The molecule has 1 aromatic carbocycles. The number of anilines is 1. The van der Waals surface area contributed by atoms with E-state index >= 15 is 0 Å². The summed E-state index contributed by atoms with van der Waals surface area (Å²) < 4.78 is 0. The highest BCUT2D eigenvalue weighted by Gasteiger charge is 2.20. The van der Waals surface area contributed by atoms with Crippen molar-refractivity contribution in [3.05, 3.63) is 30.3 Å². The summed E-state index contributed by atoms with van der Waals surface area (Å²) in [5, 5.41) is 8.83. The maximum atomic E-state index is 12.1. The number of unbranched alkanes of at least 4 members (excludes halogenated alkanes) is 1. The Balaban J connectivity index is 2.89. The first kappa shape index (κ1) is 13.2. The van der Waals surface area contributed by atoms with Gasteiger partial charge in [-0.15, -0.1) is 0 Å². The summed E-state index contributed by atoms with van der Waals surface area (Å²) in [7, 11) is 0. The van der Waals surface area contributed by atoms with Crippen LogP contribution in [0.15, 0.2) is 30.3 Å². The predicted molar refractivity (Wildman–Crippen MR) is 68.5 cm³/mol. The number of rotatable bonds is 5. The Labute approximate surface area is 103 Å². The van der Waals surface area contributed by atoms with E-state index in [2.05, 4.69) is 6.92 Å². The van der Waals surface area contributed by atoms with Gasteiger partial charge in [-0.2, -0.15) is 5.26 Å². The van der Waals surface area contributed by atoms with Crippen molar-refractivity contribution in [3.8, 4) is 6.07 Å². The smallest absolute Gasteiger partial charge is 0.244 e. The van der Waals surface area contributed by atoms with Crippen LogP contribution in [0.4, 0.5) is 5.69 Å². The van der Waals surface area contributed by atoms with Crippen molar-refractivity contribution in [2.24, 2.45) is 5.92 Å². The molecule has 0 saturated carbocycles. The molecule has 0 radical (unpaired) electrons. The number of hydrogen-bond acceptors (Lipinski definition) is 2. The maximum absolute atomic E-state index is 12.1. The van der Waals surface area contributed by atoms with Gasteiger partial charge in [0.2, 0.25) is 5.91 Å². The topological polar surface area (TPSA) is 44.1 Å². The molecule has 0 bridgehead atoms. The molecule has 3 nitrogen and oxygen atoms in total. The second-order valence-electron chi connectivity index (χ2n) is 4.03. The monoisotopic (exact) mass is 230 g/mol. The molecule has 1 atom stereocenters. The molecular weight excluding hydrogens is 212 g/mol. The minimum absolute atomic E-state index is 0.118. The lowest BCUT2D eigenvalue weighted by Crippen LogP contribution is -2.35. The SMILES string of the molecule is CCCCN(C(=O)C(C)C#N)c1ccccc1. The van der Waals surface area contributed by atoms with Gasteiger partial charge in [-0.1, -0.05) is 31.5 Å². The van der Waals surface area contributed by atoms with Gasteiger partial charge in [0.15, 0.2) is 0 Å². The lowest BCUT2D eigenvalue weighted by atomic mass is 10.1. The number of nitriles is 1. The largest absolute Gasteiger partial charge is 0.311 e. The van der Waals surface area contributed by atoms with Gasteiger partial charge in [0.25, 0.3) is 0 Å². The average Bonchev–Trinajstić information content (AvgIpc) is 2.39. The Morgan fingerprint density at radius 3 is 2.59 bits per heavy atom. The van der Waals surface area contributed by atoms with E-state index in [4.69, 9.17) is 5.26 Å². The van der Waals surface area contributed by atoms with Gasteiger partial charge < -0.3 is 4.90 Å². The molecule has 3 heteroatoms. The van der Waals surface area contributed by atoms with Crippen LogP contribution in [0, 0.1) is 17.2 Å². The van der Waals surface area contributed by atoms with Crippen molar-refractivity contribution in [3.63, 3.8) is 0 Å². The molecule has 0 aliphatic carbocycles. The van der Waals surface area contributed by atoms with Gasteiger partial charge in [0.05, 0.1) is 6.07 Å². The highest BCUT2D eigenvalue weighted by atomic mass is 16.2. The van der Waals surface area contributed by atoms with E-state index in [0.717, 1.165) is 18.5 Å². The number of amides is 1. The highest BCUT2D eigenvalue weighted by molar-refractivity contribution is 5.96. The van der Waals surface area contributed by atoms with Gasteiger partial charge in [0, 0.05) is 12.2 Å². The molecule has 0 aliphatic rings. The van der Waals surface area contributed by atoms with E-state index < -0.39 is 5.92 Å². The van der Waals surface area contributed by atoms with E-state index in [0.29, 0.717) is 6.54 Å². The summed E-state index contributed by atoms with van der Waals surface area (Å²) in [5.41, 5.74) is 0.869. The highest BCUT2D eigenvalue weighted by Crippen LogP contribution is 2.17. The first-order valence-corrected chi connectivity index (χ1v) is 5.96. The van der Waals surface area contributed by atoms with Crippen LogP contribution in [-0.2, 0) is 4.79 Å². The van der Waals surface area contributed by atoms with Crippen molar-refractivity contribution in [2.75, 3.05) is 11.4 Å². The van der Waals surface area contributed by atoms with Gasteiger partial charge >= 0.3 is 0 Å². The number of nitrogens with zero attached hydrogens (tertiary/aromatic N) is 2. The van der Waals surface area contributed by atoms with Crippen molar-refractivity contribution >= 4 is 11.6 Å². The zero-order valence-electron chi connectivity index (χ0n) is 10.4. The molecule has 1 aromatic rings. The second kappa shape index (κ2) is 6.70. The van der Waals surface area contributed by atoms with E-state index in [9.17, 15) is 4.79 Å². The Hall–Kier alpha value is -1.82. The molecule has 0 heterocycles. The third kappa shape index (κ3) is 3.60. The zero-order valence-corrected chi connectivity index (χ0v) is 10.4. The molecule has 0 fully saturated rings. The summed E-state index contributed by atoms with van der Waals surface area (Å²) in [6, 6.07) is 11.5. The predicted octanol–water partition coefficient (Wildman–Crippen LogP) is 2.98. The van der Waals surface area contributed by atoms with Crippen molar-refractivity contribution in [1.29, 1.82) is 5.26 Å². The maximum Gasteiger partial charge on any atom is 0.244 e. The molecule has 0 saturated heterocycles. The fraction of sp³-hybridized carbons (Fsp3) is 0.429. The van der Waals surface area contributed by atoms with Crippen molar-refractivity contribution in [1.82, 2.24) is 0 Å². The van der Waals surface area contributed by atoms with Gasteiger partial charge in [-0.05, 0) is 25.5 Å². The number of carbonyl (C=O) groups excluding carboxylic acids is 1. The summed E-state index contributed by atoms with van der Waals surface area (Å²) in [6.45, 7) is 4.40. The minimum atomic E-state index is -0.591. The van der Waals surface area contributed by atoms with E-state index in [-0.39, 0.29) is 5.91 Å². The van der Waals surface area contributed by atoms with Gasteiger partial charge in [-0.3, -0.25) is 4.79 Å². The standard InChI is InChI=1S/C14H18N2O/c1-3-4-10-16(14(17)12(2)11-15)13-8-6-5-7-9-13/h5-9,12H,3-4,10H2,1-2H3. The zero-order chi connectivity index (χ0) is 12.7. The van der Waals surface area contributed by atoms with Crippen LogP contribution in [0.5, 0.6) is 0 Å². The minimum Gasteiger partial charge on any atom is -0.311 e. The number of benzene rings is 1. The van der Waals surface area contributed by atoms with Crippen LogP contribution in [-0.4, -0.2) is 12.5 Å². The third-order valence-corrected chi connectivity index (χ3v) is 2.63. The number of para-hydroxylation sites is 1. The number of carbonyl (C=O) groups is 1. The van der Waals surface area contributed by atoms with E-state index in [1.807, 2.05) is 36.4 Å². The Bertz CT molecular complexity index is 394. The van der Waals surface area contributed by atoms with Crippen LogP contribution in [0.25, 0.3) is 0 Å². The van der Waals surface area contributed by atoms with Crippen molar-refractivity contribution < 1.29 is 4.79 Å². The third-order valence-electron chi connectivity index (χ3n) is 2.63. The molecule has 1 rings (SSSR count). The molecule has 90 valence electrons. The first-order chi connectivity index (χ1) is 8.20. The average molecular weight is 230 g/mol. The molecule has 0 aromatic heterocycles. The number of hydrogen-bond donors (Lipinski definition) is 0. The summed E-state index contributed by atoms with van der Waals surface area (Å²) >= 11 is 0. The van der Waals surface area contributed by atoms with Crippen LogP contribution in [0.1, 0.15) is 26.7 Å². The van der Waals surface area contributed by atoms with Gasteiger partial charge in [-0.25, -0.2) is 0 Å². The van der Waals surface area contributed by atoms with Crippen LogP contribution in [0.2, 0.25) is 0 Å². The lowest BCUT2D eigenvalue weighted by Gasteiger charge is -2.23. The molecular formula is C14H18N2O.